The van der Waals surface area contributed by atoms with E-state index in [0.29, 0.717) is 0 Å². The van der Waals surface area contributed by atoms with E-state index in [4.69, 9.17) is 11.6 Å². The molecule has 1 atom stereocenters. The molecule has 0 spiro atoms. The van der Waals surface area contributed by atoms with Crippen LogP contribution in [0.2, 0.25) is 5.02 Å². The first-order valence-electron chi connectivity index (χ1n) is 6.41. The maximum absolute atomic E-state index is 6.35. The van der Waals surface area contributed by atoms with Crippen molar-refractivity contribution in [3.63, 3.8) is 0 Å². The molecule has 0 radical (unpaired) electrons. The second kappa shape index (κ2) is 7.44. The minimum atomic E-state index is 0.267. The lowest BCUT2D eigenvalue weighted by Crippen LogP contribution is -2.24. The highest BCUT2D eigenvalue weighted by Gasteiger charge is 2.15. The molecular weight excluding hydrogens is 342 g/mol. The topological polar surface area (TPSA) is 12.0 Å². The Balaban J connectivity index is 2.23. The summed E-state index contributed by atoms with van der Waals surface area (Å²) in [5.74, 6) is 0. The van der Waals surface area contributed by atoms with Gasteiger partial charge >= 0.3 is 0 Å². The van der Waals surface area contributed by atoms with Crippen LogP contribution in [0.4, 0.5) is 0 Å². The fraction of sp³-hybridized carbons (Fsp3) is 0.333. The molecule has 0 aliphatic carbocycles. The highest BCUT2D eigenvalue weighted by molar-refractivity contribution is 9.10. The molecule has 1 aromatic carbocycles. The van der Waals surface area contributed by atoms with Gasteiger partial charge < -0.3 is 5.32 Å². The molecule has 1 aromatic heterocycles. The molecule has 19 heavy (non-hydrogen) atoms. The van der Waals surface area contributed by atoms with Crippen LogP contribution in [0.15, 0.2) is 40.2 Å². The summed E-state index contributed by atoms with van der Waals surface area (Å²) in [5, 5.41) is 6.54. The van der Waals surface area contributed by atoms with Crippen molar-refractivity contribution in [1.82, 2.24) is 5.32 Å². The largest absolute Gasteiger partial charge is 0.310 e. The highest BCUT2D eigenvalue weighted by Crippen LogP contribution is 2.29. The van der Waals surface area contributed by atoms with Crippen LogP contribution in [0.3, 0.4) is 0 Å². The zero-order chi connectivity index (χ0) is 13.7. The number of halogens is 2. The zero-order valence-corrected chi connectivity index (χ0v) is 14.0. The molecule has 1 N–H and O–H groups in total. The summed E-state index contributed by atoms with van der Waals surface area (Å²) in [5.41, 5.74) is 1.16. The van der Waals surface area contributed by atoms with E-state index in [-0.39, 0.29) is 6.04 Å². The third-order valence-corrected chi connectivity index (χ3v) is 4.70. The Bertz CT molecular complexity index is 513. The quantitative estimate of drug-likeness (QED) is 0.724. The van der Waals surface area contributed by atoms with Crippen molar-refractivity contribution >= 4 is 38.9 Å². The van der Waals surface area contributed by atoms with Crippen molar-refractivity contribution in [3.8, 4) is 0 Å². The van der Waals surface area contributed by atoms with Crippen LogP contribution in [0.5, 0.6) is 0 Å². The van der Waals surface area contributed by atoms with Crippen molar-refractivity contribution in [2.24, 2.45) is 0 Å². The van der Waals surface area contributed by atoms with Gasteiger partial charge in [-0.15, -0.1) is 11.3 Å². The molecule has 0 aliphatic rings. The molecule has 0 amide bonds. The molecule has 102 valence electrons. The molecule has 1 unspecified atom stereocenters. The average Bonchev–Trinajstić information content (AvgIpc) is 2.90. The lowest BCUT2D eigenvalue weighted by atomic mass is 10.0. The van der Waals surface area contributed by atoms with Crippen LogP contribution in [0, 0.1) is 0 Å². The number of rotatable bonds is 6. The second-order valence-corrected chi connectivity index (χ2v) is 6.81. The molecule has 2 aromatic rings. The standard InChI is InChI=1S/C15H17BrClNS/c1-2-7-18-15(10-12-4-3-8-19-12)13-9-11(16)5-6-14(13)17/h3-6,8-9,15,18H,2,7,10H2,1H3. The second-order valence-electron chi connectivity index (χ2n) is 4.46. The number of benzene rings is 1. The van der Waals surface area contributed by atoms with Gasteiger partial charge in [-0.2, -0.15) is 0 Å². The van der Waals surface area contributed by atoms with Gasteiger partial charge in [0.15, 0.2) is 0 Å². The first-order valence-corrected chi connectivity index (χ1v) is 8.46. The van der Waals surface area contributed by atoms with Gasteiger partial charge in [0.2, 0.25) is 0 Å². The first kappa shape index (κ1) is 15.0. The monoisotopic (exact) mass is 357 g/mol. The molecule has 0 saturated carbocycles. The van der Waals surface area contributed by atoms with E-state index < -0.39 is 0 Å². The molecule has 0 fully saturated rings. The third-order valence-electron chi connectivity index (χ3n) is 2.96. The lowest BCUT2D eigenvalue weighted by Gasteiger charge is -2.20. The Morgan fingerprint density at radius 3 is 2.89 bits per heavy atom. The van der Waals surface area contributed by atoms with Crippen molar-refractivity contribution in [2.45, 2.75) is 25.8 Å². The van der Waals surface area contributed by atoms with Gasteiger partial charge in [0.05, 0.1) is 0 Å². The van der Waals surface area contributed by atoms with E-state index in [1.165, 1.54) is 4.88 Å². The van der Waals surface area contributed by atoms with E-state index in [1.54, 1.807) is 11.3 Å². The average molecular weight is 359 g/mol. The van der Waals surface area contributed by atoms with Gasteiger partial charge in [-0.1, -0.05) is 40.5 Å². The molecule has 1 heterocycles. The van der Waals surface area contributed by atoms with Crippen molar-refractivity contribution < 1.29 is 0 Å². The summed E-state index contributed by atoms with van der Waals surface area (Å²) < 4.78 is 1.07. The maximum atomic E-state index is 6.35. The van der Waals surface area contributed by atoms with Crippen LogP contribution in [-0.2, 0) is 6.42 Å². The molecule has 0 saturated heterocycles. The Morgan fingerprint density at radius 2 is 2.21 bits per heavy atom. The summed E-state index contributed by atoms with van der Waals surface area (Å²) in [6, 6.07) is 10.6. The number of thiophene rings is 1. The fourth-order valence-electron chi connectivity index (χ4n) is 2.02. The van der Waals surface area contributed by atoms with Gasteiger partial charge in [0.1, 0.15) is 0 Å². The minimum absolute atomic E-state index is 0.267. The summed E-state index contributed by atoms with van der Waals surface area (Å²) in [7, 11) is 0. The predicted molar refractivity (Wildman–Crippen MR) is 88.2 cm³/mol. The van der Waals surface area contributed by atoms with Gasteiger partial charge in [0, 0.05) is 26.8 Å². The van der Waals surface area contributed by atoms with Crippen LogP contribution >= 0.6 is 38.9 Å². The van der Waals surface area contributed by atoms with Gasteiger partial charge in [-0.3, -0.25) is 0 Å². The third kappa shape index (κ3) is 4.32. The SMILES string of the molecule is CCCNC(Cc1cccs1)c1cc(Br)ccc1Cl. The summed E-state index contributed by atoms with van der Waals surface area (Å²) in [6.07, 6.45) is 2.10. The minimum Gasteiger partial charge on any atom is -0.310 e. The smallest absolute Gasteiger partial charge is 0.0454 e. The van der Waals surface area contributed by atoms with E-state index in [0.717, 1.165) is 34.4 Å². The highest BCUT2D eigenvalue weighted by atomic mass is 79.9. The van der Waals surface area contributed by atoms with E-state index in [9.17, 15) is 0 Å². The molecule has 0 bridgehead atoms. The fourth-order valence-corrected chi connectivity index (χ4v) is 3.40. The summed E-state index contributed by atoms with van der Waals surface area (Å²) >= 11 is 11.7. The van der Waals surface area contributed by atoms with Crippen molar-refractivity contribution in [3.05, 3.63) is 55.6 Å². The van der Waals surface area contributed by atoms with Crippen molar-refractivity contribution in [1.29, 1.82) is 0 Å². The zero-order valence-electron chi connectivity index (χ0n) is 10.8. The lowest BCUT2D eigenvalue weighted by molar-refractivity contribution is 0.532. The Morgan fingerprint density at radius 1 is 1.37 bits per heavy atom. The summed E-state index contributed by atoms with van der Waals surface area (Å²) in [6.45, 7) is 3.18. The Hall–Kier alpha value is -0.350. The number of hydrogen-bond acceptors (Lipinski definition) is 2. The van der Waals surface area contributed by atoms with Crippen LogP contribution in [0.1, 0.15) is 29.8 Å². The Kier molecular flexibility index (Phi) is 5.89. The predicted octanol–water partition coefficient (Wildman–Crippen LogP) is 5.45. The normalized spacial score (nSPS) is 12.6. The van der Waals surface area contributed by atoms with E-state index >= 15 is 0 Å². The van der Waals surface area contributed by atoms with Gasteiger partial charge in [-0.05, 0) is 48.2 Å². The van der Waals surface area contributed by atoms with E-state index in [1.807, 2.05) is 12.1 Å². The molecule has 4 heteroatoms. The van der Waals surface area contributed by atoms with Crippen molar-refractivity contribution in [2.75, 3.05) is 6.54 Å². The number of nitrogens with one attached hydrogen (secondary N) is 1. The van der Waals surface area contributed by atoms with Crippen LogP contribution in [-0.4, -0.2) is 6.54 Å². The molecule has 1 nitrogen and oxygen atoms in total. The Labute approximate surface area is 132 Å². The molecule has 2 rings (SSSR count). The maximum Gasteiger partial charge on any atom is 0.0454 e. The molecule has 0 aliphatic heterocycles. The summed E-state index contributed by atoms with van der Waals surface area (Å²) in [4.78, 5) is 1.38. The van der Waals surface area contributed by atoms with Crippen LogP contribution < -0.4 is 5.32 Å². The van der Waals surface area contributed by atoms with E-state index in [2.05, 4.69) is 51.7 Å². The first-order chi connectivity index (χ1) is 9.20. The van der Waals surface area contributed by atoms with Gasteiger partial charge in [0.25, 0.3) is 0 Å². The number of hydrogen-bond donors (Lipinski definition) is 1. The van der Waals surface area contributed by atoms with Crippen LogP contribution in [0.25, 0.3) is 0 Å². The van der Waals surface area contributed by atoms with Gasteiger partial charge in [-0.25, -0.2) is 0 Å². The molecular formula is C15H17BrClNS.